The van der Waals surface area contributed by atoms with Crippen LogP contribution in [0, 0.1) is 5.82 Å². The van der Waals surface area contributed by atoms with Gasteiger partial charge in [0.15, 0.2) is 0 Å². The number of ether oxygens (including phenoxy) is 1. The van der Waals surface area contributed by atoms with Crippen molar-refractivity contribution in [2.45, 2.75) is 19.1 Å². The summed E-state index contributed by atoms with van der Waals surface area (Å²) in [7, 11) is 1.69. The van der Waals surface area contributed by atoms with Crippen LogP contribution in [-0.2, 0) is 4.74 Å². The lowest BCUT2D eigenvalue weighted by molar-refractivity contribution is 0.00458. The van der Waals surface area contributed by atoms with Crippen LogP contribution in [0.25, 0.3) is 16.6 Å². The maximum absolute atomic E-state index is 13.7. The fourth-order valence-electron chi connectivity index (χ4n) is 3.96. The molecule has 0 saturated carbocycles. The summed E-state index contributed by atoms with van der Waals surface area (Å²) >= 11 is 0. The number of pyridine rings is 1. The van der Waals surface area contributed by atoms with Crippen LogP contribution in [0.4, 0.5) is 10.2 Å². The van der Waals surface area contributed by atoms with E-state index in [9.17, 15) is 9.18 Å². The van der Waals surface area contributed by atoms with Crippen LogP contribution in [0.5, 0.6) is 0 Å². The molecule has 8 nitrogen and oxygen atoms in total. The number of carbonyl (C=O) groups is 1. The third-order valence-electron chi connectivity index (χ3n) is 5.62. The van der Waals surface area contributed by atoms with Gasteiger partial charge in [-0.15, -0.1) is 0 Å². The summed E-state index contributed by atoms with van der Waals surface area (Å²) < 4.78 is 21.3. The van der Waals surface area contributed by atoms with Crippen molar-refractivity contribution < 1.29 is 13.9 Å². The number of hydrogen-bond acceptors (Lipinski definition) is 6. The predicted molar refractivity (Wildman–Crippen MR) is 108 cm³/mol. The van der Waals surface area contributed by atoms with E-state index in [-0.39, 0.29) is 29.6 Å². The molecular weight excluding hydrogens is 387 g/mol. The van der Waals surface area contributed by atoms with E-state index in [4.69, 9.17) is 10.5 Å². The summed E-state index contributed by atoms with van der Waals surface area (Å²) in [4.78, 5) is 27.6. The summed E-state index contributed by atoms with van der Waals surface area (Å²) in [5.41, 5.74) is 9.74. The van der Waals surface area contributed by atoms with Gasteiger partial charge in [0.05, 0.1) is 43.0 Å². The van der Waals surface area contributed by atoms with Crippen LogP contribution in [0.3, 0.4) is 0 Å². The molecule has 0 spiro atoms. The molecule has 1 aliphatic rings. The Balaban J connectivity index is 1.54. The fourth-order valence-corrected chi connectivity index (χ4v) is 3.96. The third kappa shape index (κ3) is 2.78. The molecule has 30 heavy (non-hydrogen) atoms. The van der Waals surface area contributed by atoms with E-state index >= 15 is 0 Å². The number of likely N-dealkylation sites (N-methyl/N-ethyl adjacent to an activating group) is 1. The maximum Gasteiger partial charge on any atom is 0.272 e. The largest absolute Gasteiger partial charge is 0.382 e. The van der Waals surface area contributed by atoms with Crippen LogP contribution in [0.2, 0.25) is 0 Å². The van der Waals surface area contributed by atoms with Gasteiger partial charge in [0.25, 0.3) is 5.91 Å². The lowest BCUT2D eigenvalue weighted by Gasteiger charge is -2.35. The van der Waals surface area contributed by atoms with Crippen LogP contribution < -0.4 is 5.73 Å². The van der Waals surface area contributed by atoms with E-state index in [1.54, 1.807) is 41.0 Å². The van der Waals surface area contributed by atoms with Gasteiger partial charge >= 0.3 is 0 Å². The van der Waals surface area contributed by atoms with Crippen LogP contribution >= 0.6 is 0 Å². The number of carbonyl (C=O) groups excluding carboxylic acids is 1. The number of nitrogens with zero attached hydrogens (tertiary/aromatic N) is 5. The molecule has 0 radical (unpaired) electrons. The van der Waals surface area contributed by atoms with E-state index < -0.39 is 0 Å². The maximum atomic E-state index is 13.7. The summed E-state index contributed by atoms with van der Waals surface area (Å²) in [6, 6.07) is 5.91. The quantitative estimate of drug-likeness (QED) is 0.550. The molecule has 5 rings (SSSR count). The second-order valence-corrected chi connectivity index (χ2v) is 7.38. The lowest BCUT2D eigenvalue weighted by Crippen LogP contribution is -2.37. The molecule has 1 unspecified atom stereocenters. The number of anilines is 1. The Kier molecular flexibility index (Phi) is 4.14. The molecule has 0 bridgehead atoms. The Morgan fingerprint density at radius 3 is 2.93 bits per heavy atom. The molecule has 4 heterocycles. The minimum atomic E-state index is -0.348. The van der Waals surface area contributed by atoms with Crippen molar-refractivity contribution in [3.63, 3.8) is 0 Å². The Morgan fingerprint density at radius 1 is 1.27 bits per heavy atom. The first-order valence-corrected chi connectivity index (χ1v) is 9.49. The van der Waals surface area contributed by atoms with Gasteiger partial charge in [-0.05, 0) is 36.2 Å². The van der Waals surface area contributed by atoms with Crippen molar-refractivity contribution in [3.8, 4) is 0 Å². The molecule has 2 N–H and O–H groups in total. The van der Waals surface area contributed by atoms with E-state index in [2.05, 4.69) is 15.0 Å². The highest BCUT2D eigenvalue weighted by Gasteiger charge is 2.31. The van der Waals surface area contributed by atoms with Crippen molar-refractivity contribution in [1.82, 2.24) is 24.3 Å². The Morgan fingerprint density at radius 2 is 2.10 bits per heavy atom. The number of nitrogen functional groups attached to an aromatic ring is 1. The second-order valence-electron chi connectivity index (χ2n) is 7.38. The SMILES string of the molecule is CC1OC[C@@H](N(C)C(=O)c2cc3c(cn2)nc(N)c2cncn23)c2ccc(F)cc21. The first kappa shape index (κ1) is 18.4. The van der Waals surface area contributed by atoms with Gasteiger partial charge in [0.1, 0.15) is 28.4 Å². The molecule has 2 atom stereocenters. The molecular formula is C21H19FN6O2. The van der Waals surface area contributed by atoms with E-state index in [0.717, 1.165) is 11.1 Å². The standard InChI is InChI=1S/C21H19FN6O2/c1-11-14-5-12(22)3-4-13(14)19(9-30-11)27(2)21(29)15-6-17-16(7-25-15)26-20(23)18-8-24-10-28(17)18/h3-8,10-11,19H,9H2,1-2H3,(H2,23,26)/t11?,19-/m1/s1. The number of halogens is 1. The molecule has 9 heteroatoms. The van der Waals surface area contributed by atoms with Gasteiger partial charge in [-0.3, -0.25) is 9.20 Å². The molecule has 0 fully saturated rings. The Labute approximate surface area is 171 Å². The molecule has 152 valence electrons. The second kappa shape index (κ2) is 6.74. The van der Waals surface area contributed by atoms with Gasteiger partial charge < -0.3 is 15.4 Å². The predicted octanol–water partition coefficient (Wildman–Crippen LogP) is 2.90. The normalized spacial score (nSPS) is 18.5. The number of fused-ring (bicyclic) bond motifs is 4. The highest BCUT2D eigenvalue weighted by molar-refractivity contribution is 5.96. The number of benzene rings is 1. The number of amides is 1. The lowest BCUT2D eigenvalue weighted by atomic mass is 9.93. The van der Waals surface area contributed by atoms with Gasteiger partial charge in [-0.25, -0.2) is 19.3 Å². The molecule has 1 aromatic carbocycles. The summed E-state index contributed by atoms with van der Waals surface area (Å²) in [6.07, 6.45) is 4.52. The van der Waals surface area contributed by atoms with E-state index in [0.29, 0.717) is 29.0 Å². The smallest absolute Gasteiger partial charge is 0.272 e. The highest BCUT2D eigenvalue weighted by atomic mass is 19.1. The van der Waals surface area contributed by atoms with Crippen LogP contribution in [-0.4, -0.2) is 43.8 Å². The molecule has 3 aromatic heterocycles. The summed E-state index contributed by atoms with van der Waals surface area (Å²) in [5, 5.41) is 0. The molecule has 1 amide bonds. The van der Waals surface area contributed by atoms with E-state index in [1.165, 1.54) is 18.3 Å². The zero-order valence-corrected chi connectivity index (χ0v) is 16.4. The number of rotatable bonds is 2. The molecule has 0 saturated heterocycles. The van der Waals surface area contributed by atoms with Crippen molar-refractivity contribution >= 4 is 28.3 Å². The highest BCUT2D eigenvalue weighted by Crippen LogP contribution is 2.36. The van der Waals surface area contributed by atoms with Gasteiger partial charge in [-0.1, -0.05) is 6.07 Å². The number of nitrogens with two attached hydrogens (primary N) is 1. The first-order valence-electron chi connectivity index (χ1n) is 9.49. The van der Waals surface area contributed by atoms with Gasteiger partial charge in [0.2, 0.25) is 0 Å². The Hall–Kier alpha value is -3.59. The average Bonchev–Trinajstić information content (AvgIpc) is 3.24. The van der Waals surface area contributed by atoms with Gasteiger partial charge in [-0.2, -0.15) is 0 Å². The summed E-state index contributed by atoms with van der Waals surface area (Å²) in [5.74, 6) is -0.262. The monoisotopic (exact) mass is 406 g/mol. The van der Waals surface area contributed by atoms with Crippen LogP contribution in [0.1, 0.15) is 40.7 Å². The Bertz CT molecular complexity index is 1300. The minimum Gasteiger partial charge on any atom is -0.382 e. The first-order chi connectivity index (χ1) is 14.4. The van der Waals surface area contributed by atoms with Crippen molar-refractivity contribution in [3.05, 3.63) is 65.6 Å². The average molecular weight is 406 g/mol. The fraction of sp³-hybridized carbons (Fsp3) is 0.238. The number of aromatic nitrogens is 4. The molecule has 0 aliphatic carbocycles. The van der Waals surface area contributed by atoms with E-state index in [1.807, 2.05) is 6.92 Å². The minimum absolute atomic E-state index is 0.236. The summed E-state index contributed by atoms with van der Waals surface area (Å²) in [6.45, 7) is 2.19. The zero-order valence-electron chi connectivity index (χ0n) is 16.4. The van der Waals surface area contributed by atoms with Crippen molar-refractivity contribution in [1.29, 1.82) is 0 Å². The van der Waals surface area contributed by atoms with Crippen molar-refractivity contribution in [2.24, 2.45) is 0 Å². The topological polar surface area (TPSA) is 98.6 Å². The van der Waals surface area contributed by atoms with Crippen LogP contribution in [0.15, 0.2) is 43.0 Å². The molecule has 4 aromatic rings. The third-order valence-corrected chi connectivity index (χ3v) is 5.62. The van der Waals surface area contributed by atoms with Gasteiger partial charge in [0, 0.05) is 7.05 Å². The number of imidazole rings is 1. The van der Waals surface area contributed by atoms with Crippen molar-refractivity contribution in [2.75, 3.05) is 19.4 Å². The number of hydrogen-bond donors (Lipinski definition) is 1. The zero-order chi connectivity index (χ0) is 21.0. The molecule has 1 aliphatic heterocycles.